The maximum absolute atomic E-state index is 14.4. The summed E-state index contributed by atoms with van der Waals surface area (Å²) in [6.07, 6.45) is 6.26. The largest absolute Gasteiger partial charge is 0.451 e. The van der Waals surface area contributed by atoms with Gasteiger partial charge in [0.25, 0.3) is 16.1 Å². The fourth-order valence-corrected chi connectivity index (χ4v) is 11.2. The lowest BCUT2D eigenvalue weighted by atomic mass is 9.72. The maximum Gasteiger partial charge on any atom is 0.410 e. The molecule has 0 aliphatic carbocycles. The topological polar surface area (TPSA) is 132 Å². The molecule has 1 aromatic heterocycles. The highest BCUT2D eigenvalue weighted by atomic mass is 32.2. The average molecular weight is 785 g/mol. The number of fused-ring (bicyclic) bond motifs is 2. The second-order valence-corrected chi connectivity index (χ2v) is 19.7. The summed E-state index contributed by atoms with van der Waals surface area (Å²) in [5, 5.41) is 0. The van der Waals surface area contributed by atoms with Crippen molar-refractivity contribution in [3.8, 4) is 11.5 Å². The van der Waals surface area contributed by atoms with E-state index in [2.05, 4.69) is 19.8 Å². The molecule has 6 heterocycles. The first-order chi connectivity index (χ1) is 25.9. The Labute approximate surface area is 325 Å². The molecular weight excluding hydrogens is 728 g/mol. The summed E-state index contributed by atoms with van der Waals surface area (Å²) in [6.45, 7) is 19.4. The van der Waals surface area contributed by atoms with Gasteiger partial charge in [-0.2, -0.15) is 17.0 Å². The van der Waals surface area contributed by atoms with Crippen LogP contribution in [0, 0.1) is 17.2 Å². The van der Waals surface area contributed by atoms with Crippen molar-refractivity contribution in [3.63, 3.8) is 0 Å². The highest BCUT2D eigenvalue weighted by molar-refractivity contribution is 7.86. The van der Waals surface area contributed by atoms with E-state index in [0.717, 1.165) is 52.0 Å². The molecule has 0 saturated carbocycles. The van der Waals surface area contributed by atoms with E-state index in [1.165, 1.54) is 24.5 Å². The van der Waals surface area contributed by atoms with Gasteiger partial charge in [-0.05, 0) is 111 Å². The van der Waals surface area contributed by atoms with E-state index in [1.807, 2.05) is 48.5 Å². The number of aromatic nitrogens is 2. The van der Waals surface area contributed by atoms with Gasteiger partial charge in [0.1, 0.15) is 23.5 Å². The average Bonchev–Trinajstić information content (AvgIpc) is 3.85. The lowest BCUT2D eigenvalue weighted by Crippen LogP contribution is -2.61. The number of amides is 2. The van der Waals surface area contributed by atoms with Crippen LogP contribution in [0.2, 0.25) is 0 Å². The van der Waals surface area contributed by atoms with Crippen LogP contribution in [0.1, 0.15) is 84.5 Å². The van der Waals surface area contributed by atoms with E-state index in [1.54, 1.807) is 24.6 Å². The van der Waals surface area contributed by atoms with Crippen LogP contribution in [0.25, 0.3) is 0 Å². The number of ether oxygens (including phenoxy) is 2. The first-order valence-electron chi connectivity index (χ1n) is 19.8. The van der Waals surface area contributed by atoms with E-state index in [9.17, 15) is 22.4 Å². The molecule has 0 radical (unpaired) electrons. The molecule has 5 aliphatic rings. The van der Waals surface area contributed by atoms with Gasteiger partial charge >= 0.3 is 6.09 Å². The SMILES string of the molecule is CC(C)N(C(=O)c1cc(F)ccc1Oc1cncnc1N1CC2(CCN(C[C@H]3CCN(S(=O)(=O)N4C[C@@H]5C[C@H]4CN5C(=O)OC(C)(C)C)C3)CC2)C1)C(C)C. The van der Waals surface area contributed by atoms with Gasteiger partial charge in [0, 0.05) is 69.4 Å². The van der Waals surface area contributed by atoms with Crippen molar-refractivity contribution in [2.24, 2.45) is 11.3 Å². The molecular formula is C39H57FN8O6S. The number of halogens is 1. The Kier molecular flexibility index (Phi) is 10.8. The van der Waals surface area contributed by atoms with Crippen LogP contribution in [-0.2, 0) is 14.9 Å². The van der Waals surface area contributed by atoms with Gasteiger partial charge in [-0.3, -0.25) is 4.79 Å². The zero-order chi connectivity index (χ0) is 39.4. The summed E-state index contributed by atoms with van der Waals surface area (Å²) in [5.74, 6) is 0.781. The highest BCUT2D eigenvalue weighted by Crippen LogP contribution is 2.45. The molecule has 5 fully saturated rings. The molecule has 16 heteroatoms. The van der Waals surface area contributed by atoms with Crippen LogP contribution in [0.5, 0.6) is 11.5 Å². The molecule has 1 aromatic carbocycles. The smallest absolute Gasteiger partial charge is 0.410 e. The monoisotopic (exact) mass is 784 g/mol. The highest BCUT2D eigenvalue weighted by Gasteiger charge is 2.53. The number of anilines is 1. The quantitative estimate of drug-likeness (QED) is 0.330. The van der Waals surface area contributed by atoms with Gasteiger partial charge < -0.3 is 29.1 Å². The van der Waals surface area contributed by atoms with Gasteiger partial charge in [-0.25, -0.2) is 19.2 Å². The molecule has 0 unspecified atom stereocenters. The number of rotatable bonds is 10. The number of hydrogen-bond acceptors (Lipinski definition) is 10. The summed E-state index contributed by atoms with van der Waals surface area (Å²) in [5.41, 5.74) is -0.286. The van der Waals surface area contributed by atoms with Crippen molar-refractivity contribution < 1.29 is 31.9 Å². The fraction of sp³-hybridized carbons (Fsp3) is 0.692. The van der Waals surface area contributed by atoms with E-state index in [0.29, 0.717) is 44.2 Å². The van der Waals surface area contributed by atoms with Crippen LogP contribution >= 0.6 is 0 Å². The Morgan fingerprint density at radius 2 is 1.71 bits per heavy atom. The summed E-state index contributed by atoms with van der Waals surface area (Å²) in [7, 11) is -3.61. The van der Waals surface area contributed by atoms with Crippen LogP contribution < -0.4 is 9.64 Å². The van der Waals surface area contributed by atoms with Crippen molar-refractivity contribution >= 4 is 28.0 Å². The summed E-state index contributed by atoms with van der Waals surface area (Å²) < 4.78 is 57.1. The van der Waals surface area contributed by atoms with E-state index in [4.69, 9.17) is 9.47 Å². The zero-order valence-corrected chi connectivity index (χ0v) is 34.1. The summed E-state index contributed by atoms with van der Waals surface area (Å²) in [6, 6.07) is 3.50. The van der Waals surface area contributed by atoms with Crippen molar-refractivity contribution in [1.82, 2.24) is 33.3 Å². The number of likely N-dealkylation sites (tertiary alicyclic amines) is 2. The Balaban J connectivity index is 0.905. The molecule has 14 nitrogen and oxygen atoms in total. The molecule has 0 N–H and O–H groups in total. The molecule has 2 aromatic rings. The molecule has 2 amide bonds. The van der Waals surface area contributed by atoms with Gasteiger partial charge in [0.15, 0.2) is 11.6 Å². The van der Waals surface area contributed by atoms with Crippen molar-refractivity contribution in [3.05, 3.63) is 42.1 Å². The van der Waals surface area contributed by atoms with Gasteiger partial charge in [-0.15, -0.1) is 0 Å². The summed E-state index contributed by atoms with van der Waals surface area (Å²) >= 11 is 0. The van der Waals surface area contributed by atoms with Gasteiger partial charge in [0.05, 0.1) is 17.8 Å². The number of hydrogen-bond donors (Lipinski definition) is 0. The molecule has 7 rings (SSSR count). The zero-order valence-electron chi connectivity index (χ0n) is 33.3. The number of piperidine rings is 1. The van der Waals surface area contributed by atoms with Crippen LogP contribution in [0.3, 0.4) is 0 Å². The fourth-order valence-electron chi connectivity index (χ4n) is 9.27. The standard InChI is InChI=1S/C39H57FN8O6S/c1-26(2)48(27(3)4)36(49)32-16-29(40)8-9-33(32)53-34-18-41-25-42-35(34)44-23-39(24-44)11-14-43(15-12-39)19-28-10-13-45(20-28)55(51,52)47-22-30-17-31(47)21-46(30)37(50)54-38(5,6)7/h8-9,16,18,25-28,30-31H,10-15,17,19-24H2,1-7H3/t28-,30+,31+/m1/s1. The van der Waals surface area contributed by atoms with Crippen molar-refractivity contribution in [1.29, 1.82) is 0 Å². The molecule has 55 heavy (non-hydrogen) atoms. The van der Waals surface area contributed by atoms with Gasteiger partial charge in [0.2, 0.25) is 0 Å². The third-order valence-electron chi connectivity index (χ3n) is 11.9. The number of nitrogens with zero attached hydrogens (tertiary/aromatic N) is 8. The van der Waals surface area contributed by atoms with Crippen molar-refractivity contribution in [2.45, 2.75) is 104 Å². The number of benzene rings is 1. The molecule has 302 valence electrons. The van der Waals surface area contributed by atoms with E-state index >= 15 is 0 Å². The third-order valence-corrected chi connectivity index (χ3v) is 13.9. The summed E-state index contributed by atoms with van der Waals surface area (Å²) in [4.78, 5) is 43.1. The Bertz CT molecular complexity index is 1850. The Morgan fingerprint density at radius 1 is 1.00 bits per heavy atom. The van der Waals surface area contributed by atoms with Crippen LogP contribution in [0.15, 0.2) is 30.7 Å². The third kappa shape index (κ3) is 8.14. The molecule has 3 atom stereocenters. The molecule has 2 bridgehead atoms. The lowest BCUT2D eigenvalue weighted by molar-refractivity contribution is 0.0170. The maximum atomic E-state index is 14.4. The minimum atomic E-state index is -3.61. The Morgan fingerprint density at radius 3 is 2.35 bits per heavy atom. The van der Waals surface area contributed by atoms with Gasteiger partial charge in [-0.1, -0.05) is 0 Å². The van der Waals surface area contributed by atoms with E-state index < -0.39 is 21.6 Å². The molecule has 1 spiro atoms. The number of carbonyl (C=O) groups is 2. The van der Waals surface area contributed by atoms with Crippen LogP contribution in [-0.4, -0.2) is 142 Å². The second-order valence-electron chi connectivity index (χ2n) is 17.8. The number of piperazine rings is 1. The minimum Gasteiger partial charge on any atom is -0.451 e. The second kappa shape index (κ2) is 15.1. The van der Waals surface area contributed by atoms with Crippen LogP contribution in [0.4, 0.5) is 15.0 Å². The first kappa shape index (κ1) is 39.6. The van der Waals surface area contributed by atoms with E-state index in [-0.39, 0.29) is 58.8 Å². The lowest BCUT2D eigenvalue weighted by Gasteiger charge is -2.54. The molecule has 5 aliphatic heterocycles. The Hall–Kier alpha value is -3.60. The predicted molar refractivity (Wildman–Crippen MR) is 206 cm³/mol. The predicted octanol–water partition coefficient (Wildman–Crippen LogP) is 4.83. The minimum absolute atomic E-state index is 0.0798. The normalized spacial score (nSPS) is 24.6. The number of carbonyl (C=O) groups excluding carboxylic acids is 2. The van der Waals surface area contributed by atoms with Crippen molar-refractivity contribution in [2.75, 3.05) is 63.8 Å². The first-order valence-corrected chi connectivity index (χ1v) is 21.2. The molecule has 5 saturated heterocycles.